The molecule has 0 spiro atoms. The summed E-state index contributed by atoms with van der Waals surface area (Å²) < 4.78 is 8.40. The largest absolute Gasteiger partial charge is 0.397 e. The smallest absolute Gasteiger partial charge is 0.380 e. The zero-order valence-corrected chi connectivity index (χ0v) is 12.2. The average molecular weight is 284 g/mol. The van der Waals surface area contributed by atoms with Gasteiger partial charge < -0.3 is 4.42 Å². The SMILES string of the molecule is Cc1ccc(-c2oc3cccc4[n+]3c2-c2ccccc2-4)cc1. The van der Waals surface area contributed by atoms with Gasteiger partial charge in [-0.15, -0.1) is 4.40 Å². The third kappa shape index (κ3) is 1.41. The van der Waals surface area contributed by atoms with E-state index in [0.717, 1.165) is 22.7 Å². The molecule has 0 bridgehead atoms. The molecule has 2 aromatic carbocycles. The Kier molecular flexibility index (Phi) is 2.18. The number of hydrogen-bond acceptors (Lipinski definition) is 1. The van der Waals surface area contributed by atoms with E-state index < -0.39 is 0 Å². The van der Waals surface area contributed by atoms with E-state index in [1.54, 1.807) is 0 Å². The number of aryl methyl sites for hydroxylation is 1. The van der Waals surface area contributed by atoms with Crippen molar-refractivity contribution in [3.05, 3.63) is 72.3 Å². The minimum Gasteiger partial charge on any atom is -0.397 e. The predicted octanol–water partition coefficient (Wildman–Crippen LogP) is 4.64. The van der Waals surface area contributed by atoms with Crippen molar-refractivity contribution in [2.45, 2.75) is 6.92 Å². The molecule has 22 heavy (non-hydrogen) atoms. The number of oxazole rings is 1. The Labute approximate surface area is 128 Å². The number of hydrogen-bond donors (Lipinski definition) is 0. The molecule has 0 atom stereocenters. The van der Waals surface area contributed by atoms with E-state index in [-0.39, 0.29) is 0 Å². The Morgan fingerprint density at radius 2 is 1.55 bits per heavy atom. The summed E-state index contributed by atoms with van der Waals surface area (Å²) in [6.07, 6.45) is 0. The lowest BCUT2D eigenvalue weighted by molar-refractivity contribution is -0.485. The minimum absolute atomic E-state index is 0.888. The fourth-order valence-corrected chi connectivity index (χ4v) is 3.32. The maximum Gasteiger partial charge on any atom is 0.380 e. The summed E-state index contributed by atoms with van der Waals surface area (Å²) in [6, 6.07) is 23.3. The second kappa shape index (κ2) is 4.08. The normalized spacial score (nSPS) is 11.9. The summed E-state index contributed by atoms with van der Waals surface area (Å²) in [4.78, 5) is 0. The van der Waals surface area contributed by atoms with Crippen LogP contribution >= 0.6 is 0 Å². The number of aromatic nitrogens is 1. The molecule has 0 saturated carbocycles. The highest BCUT2D eigenvalue weighted by molar-refractivity contribution is 5.88. The molecule has 1 aliphatic rings. The number of fused-ring (bicyclic) bond motifs is 3. The van der Waals surface area contributed by atoms with Crippen molar-refractivity contribution in [1.29, 1.82) is 0 Å². The van der Waals surface area contributed by atoms with Gasteiger partial charge in [0.2, 0.25) is 11.5 Å². The average Bonchev–Trinajstić information content (AvgIpc) is 3.10. The van der Waals surface area contributed by atoms with Gasteiger partial charge in [-0.2, -0.15) is 0 Å². The summed E-state index contributed by atoms with van der Waals surface area (Å²) >= 11 is 0. The second-order valence-corrected chi connectivity index (χ2v) is 5.78. The quantitative estimate of drug-likeness (QED) is 0.410. The first-order chi connectivity index (χ1) is 10.8. The molecule has 0 radical (unpaired) electrons. The zero-order chi connectivity index (χ0) is 14.7. The highest BCUT2D eigenvalue weighted by atomic mass is 16.3. The Balaban J connectivity index is 1.91. The molecule has 5 rings (SSSR count). The summed E-state index contributed by atoms with van der Waals surface area (Å²) in [6.45, 7) is 2.10. The molecule has 2 nitrogen and oxygen atoms in total. The lowest BCUT2D eigenvalue weighted by atomic mass is 10.0. The first kappa shape index (κ1) is 11.8. The van der Waals surface area contributed by atoms with E-state index >= 15 is 0 Å². The van der Waals surface area contributed by atoms with E-state index in [4.69, 9.17) is 4.42 Å². The number of nitrogens with zero attached hydrogens (tertiary/aromatic N) is 1. The molecule has 0 aliphatic carbocycles. The first-order valence-corrected chi connectivity index (χ1v) is 7.47. The van der Waals surface area contributed by atoms with E-state index in [2.05, 4.69) is 72.0 Å². The van der Waals surface area contributed by atoms with Crippen LogP contribution in [0.2, 0.25) is 0 Å². The Morgan fingerprint density at radius 3 is 2.36 bits per heavy atom. The molecule has 0 N–H and O–H groups in total. The molecule has 104 valence electrons. The van der Waals surface area contributed by atoms with Gasteiger partial charge in [0.05, 0.1) is 17.2 Å². The fourth-order valence-electron chi connectivity index (χ4n) is 3.32. The van der Waals surface area contributed by atoms with Crippen LogP contribution in [0, 0.1) is 6.92 Å². The molecular formula is C20H14NO+. The van der Waals surface area contributed by atoms with Crippen molar-refractivity contribution in [3.8, 4) is 33.8 Å². The molecule has 2 heteroatoms. The molecule has 0 saturated heterocycles. The van der Waals surface area contributed by atoms with Crippen molar-refractivity contribution in [1.82, 2.24) is 0 Å². The predicted molar refractivity (Wildman–Crippen MR) is 86.5 cm³/mol. The molecular weight excluding hydrogens is 270 g/mol. The first-order valence-electron chi connectivity index (χ1n) is 7.47. The second-order valence-electron chi connectivity index (χ2n) is 5.78. The Morgan fingerprint density at radius 1 is 0.773 bits per heavy atom. The fraction of sp³-hybridized carbons (Fsp3) is 0.0500. The van der Waals surface area contributed by atoms with Crippen molar-refractivity contribution in [2.24, 2.45) is 0 Å². The van der Waals surface area contributed by atoms with Gasteiger partial charge in [0.15, 0.2) is 0 Å². The monoisotopic (exact) mass is 284 g/mol. The summed E-state index contributed by atoms with van der Waals surface area (Å²) in [5.74, 6) is 0.942. The van der Waals surface area contributed by atoms with Gasteiger partial charge in [0, 0.05) is 11.6 Å². The summed E-state index contributed by atoms with van der Waals surface area (Å²) in [7, 11) is 0. The van der Waals surface area contributed by atoms with Crippen LogP contribution in [-0.2, 0) is 0 Å². The topological polar surface area (TPSA) is 17.2 Å². The molecule has 2 aromatic heterocycles. The van der Waals surface area contributed by atoms with Crippen LogP contribution in [0.3, 0.4) is 0 Å². The van der Waals surface area contributed by atoms with E-state index in [0.29, 0.717) is 0 Å². The van der Waals surface area contributed by atoms with Gasteiger partial charge >= 0.3 is 5.71 Å². The molecule has 4 aromatic rings. The highest BCUT2D eigenvalue weighted by Crippen LogP contribution is 2.41. The van der Waals surface area contributed by atoms with Crippen LogP contribution in [0.1, 0.15) is 5.56 Å². The summed E-state index contributed by atoms with van der Waals surface area (Å²) in [5.41, 5.74) is 8.13. The lowest BCUT2D eigenvalue weighted by Gasteiger charge is -1.98. The van der Waals surface area contributed by atoms with Crippen molar-refractivity contribution in [2.75, 3.05) is 0 Å². The van der Waals surface area contributed by atoms with Crippen LogP contribution in [0.5, 0.6) is 0 Å². The minimum atomic E-state index is 0.888. The molecule has 0 fully saturated rings. The standard InChI is InChI=1S/C20H14NO/c1-13-9-11-14(12-10-13)20-19-16-6-3-2-5-15(16)17-7-4-8-18(22-20)21(17)19/h2-12H,1H3/q+1. The van der Waals surface area contributed by atoms with Crippen LogP contribution in [-0.4, -0.2) is 0 Å². The zero-order valence-electron chi connectivity index (χ0n) is 12.2. The van der Waals surface area contributed by atoms with Crippen molar-refractivity contribution in [3.63, 3.8) is 0 Å². The molecule has 1 aliphatic heterocycles. The van der Waals surface area contributed by atoms with Crippen LogP contribution in [0.4, 0.5) is 0 Å². The van der Waals surface area contributed by atoms with Gasteiger partial charge in [-0.1, -0.05) is 42.0 Å². The highest BCUT2D eigenvalue weighted by Gasteiger charge is 2.36. The molecule has 0 amide bonds. The van der Waals surface area contributed by atoms with Gasteiger partial charge in [-0.3, -0.25) is 0 Å². The third-order valence-electron chi connectivity index (χ3n) is 4.37. The van der Waals surface area contributed by atoms with Crippen LogP contribution < -0.4 is 4.40 Å². The Bertz CT molecular complexity index is 1030. The number of rotatable bonds is 1. The molecule has 0 unspecified atom stereocenters. The van der Waals surface area contributed by atoms with Crippen molar-refractivity contribution < 1.29 is 8.82 Å². The maximum absolute atomic E-state index is 6.18. The van der Waals surface area contributed by atoms with Crippen LogP contribution in [0.15, 0.2) is 71.1 Å². The number of pyridine rings is 1. The van der Waals surface area contributed by atoms with Crippen LogP contribution in [0.25, 0.3) is 39.6 Å². The molecule has 3 heterocycles. The summed E-state index contributed by atoms with van der Waals surface area (Å²) in [5, 5.41) is 0. The van der Waals surface area contributed by atoms with Gasteiger partial charge in [0.1, 0.15) is 0 Å². The van der Waals surface area contributed by atoms with Gasteiger partial charge in [-0.25, -0.2) is 0 Å². The Hall–Kier alpha value is -2.87. The third-order valence-corrected chi connectivity index (χ3v) is 4.37. The van der Waals surface area contributed by atoms with E-state index in [1.807, 2.05) is 6.07 Å². The van der Waals surface area contributed by atoms with Crippen molar-refractivity contribution >= 4 is 5.71 Å². The lowest BCUT2D eigenvalue weighted by Crippen LogP contribution is -2.20. The number of benzene rings is 2. The van der Waals surface area contributed by atoms with E-state index in [1.165, 1.54) is 22.4 Å². The van der Waals surface area contributed by atoms with Gasteiger partial charge in [0.25, 0.3) is 5.69 Å². The maximum atomic E-state index is 6.18. The van der Waals surface area contributed by atoms with Gasteiger partial charge in [-0.05, 0) is 25.1 Å². The van der Waals surface area contributed by atoms with E-state index in [9.17, 15) is 0 Å².